The quantitative estimate of drug-likeness (QED) is 0.815. The fourth-order valence-electron chi connectivity index (χ4n) is 3.75. The zero-order valence-corrected chi connectivity index (χ0v) is 16.9. The van der Waals surface area contributed by atoms with Gasteiger partial charge in [-0.1, -0.05) is 24.3 Å². The van der Waals surface area contributed by atoms with E-state index in [2.05, 4.69) is 5.32 Å². The number of rotatable bonds is 6. The summed E-state index contributed by atoms with van der Waals surface area (Å²) in [6.07, 6.45) is 3.95. The van der Waals surface area contributed by atoms with Gasteiger partial charge in [-0.2, -0.15) is 0 Å². The molecule has 2 aromatic carbocycles. The number of aryl methyl sites for hydroxylation is 1. The summed E-state index contributed by atoms with van der Waals surface area (Å²) in [4.78, 5) is 26.5. The molecule has 2 aromatic rings. The Morgan fingerprint density at radius 3 is 2.34 bits per heavy atom. The third-order valence-corrected chi connectivity index (χ3v) is 5.80. The van der Waals surface area contributed by atoms with E-state index in [0.29, 0.717) is 18.0 Å². The maximum Gasteiger partial charge on any atom is 0.251 e. The molecule has 0 radical (unpaired) electrons. The normalized spacial score (nSPS) is 17.1. The van der Waals surface area contributed by atoms with Gasteiger partial charge in [0.15, 0.2) is 0 Å². The lowest BCUT2D eigenvalue weighted by Gasteiger charge is -2.32. The molecule has 1 saturated heterocycles. The first-order valence-electron chi connectivity index (χ1n) is 10.5. The lowest BCUT2D eigenvalue weighted by atomic mass is 10.1. The Labute approximate surface area is 172 Å². The second-order valence-electron chi connectivity index (χ2n) is 8.05. The molecule has 0 atom stereocenters. The lowest BCUT2D eigenvalue weighted by molar-refractivity contribution is -0.134. The lowest BCUT2D eigenvalue weighted by Crippen LogP contribution is -2.42. The average molecular weight is 392 g/mol. The first-order chi connectivity index (χ1) is 14.1. The minimum absolute atomic E-state index is 0.0910. The van der Waals surface area contributed by atoms with Crippen LogP contribution in [0.4, 0.5) is 0 Å². The number of likely N-dealkylation sites (tertiary alicyclic amines) is 1. The van der Waals surface area contributed by atoms with Gasteiger partial charge in [0.1, 0.15) is 11.9 Å². The second-order valence-corrected chi connectivity index (χ2v) is 8.05. The molecular weight excluding hydrogens is 364 g/mol. The van der Waals surface area contributed by atoms with Crippen LogP contribution in [0.25, 0.3) is 0 Å². The maximum atomic E-state index is 12.4. The van der Waals surface area contributed by atoms with Gasteiger partial charge in [-0.25, -0.2) is 0 Å². The van der Waals surface area contributed by atoms with Crippen molar-refractivity contribution in [2.75, 3.05) is 13.1 Å². The van der Waals surface area contributed by atoms with E-state index in [1.54, 1.807) is 12.1 Å². The molecular formula is C24H28N2O3. The van der Waals surface area contributed by atoms with Gasteiger partial charge >= 0.3 is 0 Å². The van der Waals surface area contributed by atoms with E-state index in [1.807, 2.05) is 48.2 Å². The molecule has 2 fully saturated rings. The van der Waals surface area contributed by atoms with Crippen molar-refractivity contribution in [3.63, 3.8) is 0 Å². The highest BCUT2D eigenvalue weighted by Crippen LogP contribution is 2.32. The van der Waals surface area contributed by atoms with E-state index in [4.69, 9.17) is 4.74 Å². The molecule has 1 aliphatic carbocycles. The van der Waals surface area contributed by atoms with Crippen LogP contribution in [0.3, 0.4) is 0 Å². The SMILES string of the molecule is Cc1ccccc1CNC(=O)c1ccc(OC2CCN(C(=O)C3CC3)CC2)cc1. The summed E-state index contributed by atoms with van der Waals surface area (Å²) < 4.78 is 6.07. The Morgan fingerprint density at radius 1 is 1.00 bits per heavy atom. The summed E-state index contributed by atoms with van der Waals surface area (Å²) in [7, 11) is 0. The van der Waals surface area contributed by atoms with Crippen LogP contribution in [-0.2, 0) is 11.3 Å². The van der Waals surface area contributed by atoms with Crippen molar-refractivity contribution in [3.8, 4) is 5.75 Å². The van der Waals surface area contributed by atoms with Crippen LogP contribution in [0, 0.1) is 12.8 Å². The van der Waals surface area contributed by atoms with Crippen molar-refractivity contribution >= 4 is 11.8 Å². The standard InChI is InChI=1S/C24H28N2O3/c1-17-4-2-3-5-20(17)16-25-23(27)18-8-10-21(11-9-18)29-22-12-14-26(15-13-22)24(28)19-6-7-19/h2-5,8-11,19,22H,6-7,12-16H2,1H3,(H,25,27). The predicted octanol–water partition coefficient (Wildman–Crippen LogP) is 3.70. The zero-order valence-electron chi connectivity index (χ0n) is 16.9. The van der Waals surface area contributed by atoms with Crippen molar-refractivity contribution in [1.29, 1.82) is 0 Å². The number of nitrogens with zero attached hydrogens (tertiary/aromatic N) is 1. The highest BCUT2D eigenvalue weighted by Gasteiger charge is 2.35. The molecule has 2 amide bonds. The van der Waals surface area contributed by atoms with Crippen molar-refractivity contribution in [3.05, 3.63) is 65.2 Å². The number of benzene rings is 2. The van der Waals surface area contributed by atoms with Gasteiger partial charge in [0, 0.05) is 44.0 Å². The van der Waals surface area contributed by atoms with Crippen molar-refractivity contribution in [2.24, 2.45) is 5.92 Å². The Hall–Kier alpha value is -2.82. The van der Waals surface area contributed by atoms with E-state index in [9.17, 15) is 9.59 Å². The number of amides is 2. The van der Waals surface area contributed by atoms with Crippen molar-refractivity contribution in [2.45, 2.75) is 45.3 Å². The van der Waals surface area contributed by atoms with E-state index < -0.39 is 0 Å². The van der Waals surface area contributed by atoms with E-state index in [1.165, 1.54) is 5.56 Å². The molecule has 0 unspecified atom stereocenters. The third kappa shape index (κ3) is 4.97. The summed E-state index contributed by atoms with van der Waals surface area (Å²) in [5.41, 5.74) is 2.91. The third-order valence-electron chi connectivity index (χ3n) is 5.80. The molecule has 1 aliphatic heterocycles. The number of carbonyl (C=O) groups is 2. The largest absolute Gasteiger partial charge is 0.490 e. The van der Waals surface area contributed by atoms with E-state index in [0.717, 1.165) is 50.1 Å². The molecule has 1 saturated carbocycles. The molecule has 5 nitrogen and oxygen atoms in total. The highest BCUT2D eigenvalue weighted by molar-refractivity contribution is 5.94. The molecule has 29 heavy (non-hydrogen) atoms. The van der Waals surface area contributed by atoms with Crippen LogP contribution in [0.5, 0.6) is 5.75 Å². The summed E-state index contributed by atoms with van der Waals surface area (Å²) in [6, 6.07) is 15.3. The Kier molecular flexibility index (Phi) is 5.84. The van der Waals surface area contributed by atoms with Gasteiger partial charge in [-0.05, 0) is 55.2 Å². The van der Waals surface area contributed by atoms with E-state index >= 15 is 0 Å². The van der Waals surface area contributed by atoms with Gasteiger partial charge in [0.25, 0.3) is 5.91 Å². The average Bonchev–Trinajstić information content (AvgIpc) is 3.59. The summed E-state index contributed by atoms with van der Waals surface area (Å²) in [5.74, 6) is 1.29. The molecule has 0 aromatic heterocycles. The fourth-order valence-corrected chi connectivity index (χ4v) is 3.75. The molecule has 152 valence electrons. The van der Waals surface area contributed by atoms with Crippen LogP contribution in [0.15, 0.2) is 48.5 Å². The summed E-state index contributed by atoms with van der Waals surface area (Å²) in [5, 5.41) is 2.97. The summed E-state index contributed by atoms with van der Waals surface area (Å²) >= 11 is 0. The van der Waals surface area contributed by atoms with Gasteiger partial charge in [0.05, 0.1) is 0 Å². The van der Waals surface area contributed by atoms with Gasteiger partial charge in [-0.15, -0.1) is 0 Å². The predicted molar refractivity (Wildman–Crippen MR) is 112 cm³/mol. The minimum atomic E-state index is -0.0910. The van der Waals surface area contributed by atoms with Crippen LogP contribution < -0.4 is 10.1 Å². The molecule has 0 spiro atoms. The highest BCUT2D eigenvalue weighted by atomic mass is 16.5. The number of hydrogen-bond acceptors (Lipinski definition) is 3. The number of ether oxygens (including phenoxy) is 1. The maximum absolute atomic E-state index is 12.4. The molecule has 4 rings (SSSR count). The first kappa shape index (κ1) is 19.5. The zero-order chi connectivity index (χ0) is 20.2. The monoisotopic (exact) mass is 392 g/mol. The molecule has 5 heteroatoms. The Bertz CT molecular complexity index is 866. The minimum Gasteiger partial charge on any atom is -0.490 e. The molecule has 1 N–H and O–H groups in total. The number of nitrogens with one attached hydrogen (secondary N) is 1. The molecule has 0 bridgehead atoms. The number of piperidine rings is 1. The van der Waals surface area contributed by atoms with Crippen molar-refractivity contribution < 1.29 is 14.3 Å². The Balaban J connectivity index is 1.25. The van der Waals surface area contributed by atoms with Crippen LogP contribution >= 0.6 is 0 Å². The number of hydrogen-bond donors (Lipinski definition) is 1. The van der Waals surface area contributed by atoms with Crippen molar-refractivity contribution in [1.82, 2.24) is 10.2 Å². The molecule has 2 aliphatic rings. The van der Waals surface area contributed by atoms with Gasteiger partial charge in [0.2, 0.25) is 5.91 Å². The summed E-state index contributed by atoms with van der Waals surface area (Å²) in [6.45, 7) is 4.11. The van der Waals surface area contributed by atoms with Crippen LogP contribution in [0.2, 0.25) is 0 Å². The van der Waals surface area contributed by atoms with Gasteiger partial charge < -0.3 is 15.0 Å². The van der Waals surface area contributed by atoms with Crippen LogP contribution in [0.1, 0.15) is 47.2 Å². The van der Waals surface area contributed by atoms with Gasteiger partial charge in [-0.3, -0.25) is 9.59 Å². The smallest absolute Gasteiger partial charge is 0.251 e. The Morgan fingerprint density at radius 2 is 1.69 bits per heavy atom. The second kappa shape index (κ2) is 8.68. The topological polar surface area (TPSA) is 58.6 Å². The molecule has 1 heterocycles. The first-order valence-corrected chi connectivity index (χ1v) is 10.5. The fraction of sp³-hybridized carbons (Fsp3) is 0.417. The van der Waals surface area contributed by atoms with E-state index in [-0.39, 0.29) is 17.9 Å². The van der Waals surface area contributed by atoms with Crippen LogP contribution in [-0.4, -0.2) is 35.9 Å². The number of carbonyl (C=O) groups excluding carboxylic acids is 2.